The van der Waals surface area contributed by atoms with Crippen LogP contribution < -0.4 is 10.9 Å². The highest BCUT2D eigenvalue weighted by Crippen LogP contribution is 2.07. The molecule has 2 rings (SSSR count). The van der Waals surface area contributed by atoms with Crippen molar-refractivity contribution in [3.05, 3.63) is 69.5 Å². The van der Waals surface area contributed by atoms with E-state index in [1.807, 2.05) is 4.57 Å². The van der Waals surface area contributed by atoms with Crippen LogP contribution in [-0.2, 0) is 11.5 Å². The number of ether oxygens (including phenoxy) is 1. The third-order valence-electron chi connectivity index (χ3n) is 2.78. The Morgan fingerprint density at radius 3 is 2.00 bits per heavy atom. The molecule has 0 fully saturated rings. The highest BCUT2D eigenvalue weighted by Gasteiger charge is 2.11. The number of hydrogen-bond acceptors (Lipinski definition) is 3. The minimum atomic E-state index is -0.989. The Balaban J connectivity index is 0.000000287. The molecule has 2 heterocycles. The third kappa shape index (κ3) is 9.09. The van der Waals surface area contributed by atoms with Crippen LogP contribution in [0.1, 0.15) is 0 Å². The van der Waals surface area contributed by atoms with Crippen LogP contribution in [0.25, 0.3) is 0 Å². The minimum absolute atomic E-state index is 0.0355. The summed E-state index contributed by atoms with van der Waals surface area (Å²) in [5.74, 6) is 0. The van der Waals surface area contributed by atoms with Crippen LogP contribution in [-0.4, -0.2) is 24.2 Å². The Bertz CT molecular complexity index is 621. The molecule has 0 saturated heterocycles. The zero-order valence-electron chi connectivity index (χ0n) is 13.4. The first-order valence-corrected chi connectivity index (χ1v) is 10.9. The SMILES string of the molecule is C[Si](C)(C)CCOCn1ccc(=O)cc1.O=c1cc[nH]cc1. The Morgan fingerprint density at radius 1 is 1.00 bits per heavy atom. The van der Waals surface area contributed by atoms with E-state index in [2.05, 4.69) is 24.6 Å². The van der Waals surface area contributed by atoms with Gasteiger partial charge in [0.25, 0.3) is 0 Å². The van der Waals surface area contributed by atoms with Gasteiger partial charge in [0.2, 0.25) is 0 Å². The molecule has 0 radical (unpaired) electrons. The summed E-state index contributed by atoms with van der Waals surface area (Å²) in [6.45, 7) is 8.33. The van der Waals surface area contributed by atoms with E-state index in [0.29, 0.717) is 6.73 Å². The Morgan fingerprint density at radius 2 is 1.55 bits per heavy atom. The molecule has 0 amide bonds. The average molecular weight is 320 g/mol. The van der Waals surface area contributed by atoms with E-state index in [1.54, 1.807) is 36.9 Å². The second-order valence-corrected chi connectivity index (χ2v) is 11.8. The summed E-state index contributed by atoms with van der Waals surface area (Å²) >= 11 is 0. The molecule has 120 valence electrons. The fourth-order valence-electron chi connectivity index (χ4n) is 1.45. The van der Waals surface area contributed by atoms with Crippen LogP contribution in [0.2, 0.25) is 25.7 Å². The monoisotopic (exact) mass is 320 g/mol. The van der Waals surface area contributed by atoms with Gasteiger partial charge in [-0.15, -0.1) is 0 Å². The van der Waals surface area contributed by atoms with E-state index >= 15 is 0 Å². The van der Waals surface area contributed by atoms with Gasteiger partial charge in [-0.3, -0.25) is 9.59 Å². The van der Waals surface area contributed by atoms with E-state index in [0.717, 1.165) is 6.61 Å². The molecule has 0 aliphatic carbocycles. The van der Waals surface area contributed by atoms with E-state index in [9.17, 15) is 9.59 Å². The third-order valence-corrected chi connectivity index (χ3v) is 4.49. The zero-order chi connectivity index (χ0) is 16.4. The summed E-state index contributed by atoms with van der Waals surface area (Å²) in [7, 11) is -0.989. The maximum atomic E-state index is 10.8. The molecule has 0 bridgehead atoms. The molecule has 0 aliphatic rings. The Hall–Kier alpha value is -1.92. The highest BCUT2D eigenvalue weighted by molar-refractivity contribution is 6.76. The largest absolute Gasteiger partial charge is 0.367 e. The molecule has 0 aliphatic heterocycles. The van der Waals surface area contributed by atoms with Gasteiger partial charge in [-0.1, -0.05) is 19.6 Å². The molecule has 6 heteroatoms. The number of nitrogens with zero attached hydrogens (tertiary/aromatic N) is 1. The smallest absolute Gasteiger partial charge is 0.181 e. The molecule has 0 aromatic carbocycles. The predicted octanol–water partition coefficient (Wildman–Crippen LogP) is 2.54. The molecule has 0 saturated carbocycles. The van der Waals surface area contributed by atoms with Crippen LogP contribution >= 0.6 is 0 Å². The van der Waals surface area contributed by atoms with Gasteiger partial charge in [-0.05, 0) is 6.04 Å². The number of aromatic amines is 1. The molecule has 22 heavy (non-hydrogen) atoms. The fraction of sp³-hybridized carbons (Fsp3) is 0.375. The molecule has 1 N–H and O–H groups in total. The van der Waals surface area contributed by atoms with E-state index < -0.39 is 8.07 Å². The van der Waals surface area contributed by atoms with Crippen LogP contribution in [0.3, 0.4) is 0 Å². The van der Waals surface area contributed by atoms with Crippen molar-refractivity contribution >= 4 is 8.07 Å². The van der Waals surface area contributed by atoms with Crippen molar-refractivity contribution in [2.45, 2.75) is 32.4 Å². The lowest BCUT2D eigenvalue weighted by Crippen LogP contribution is -2.22. The van der Waals surface area contributed by atoms with Crippen molar-refractivity contribution in [2.24, 2.45) is 0 Å². The standard InChI is InChI=1S/C11H19NO2Si.C5H5NO/c1-15(2,3)9-8-14-10-12-6-4-11(13)5-7-12;7-5-1-3-6-4-2-5/h4-7H,8-10H2,1-3H3;1-4H,(H,6,7). The van der Waals surface area contributed by atoms with E-state index in [1.165, 1.54) is 18.2 Å². The number of rotatable bonds is 5. The van der Waals surface area contributed by atoms with Gasteiger partial charge in [0, 0.05) is 63.7 Å². The van der Waals surface area contributed by atoms with Gasteiger partial charge >= 0.3 is 0 Å². The molecule has 0 atom stereocenters. The van der Waals surface area contributed by atoms with Crippen LogP contribution in [0.4, 0.5) is 0 Å². The fourth-order valence-corrected chi connectivity index (χ4v) is 2.21. The summed E-state index contributed by atoms with van der Waals surface area (Å²) in [6, 6.07) is 7.21. The number of hydrogen-bond donors (Lipinski definition) is 1. The lowest BCUT2D eigenvalue weighted by molar-refractivity contribution is 0.0868. The lowest BCUT2D eigenvalue weighted by atomic mass is 10.5. The molecular weight excluding hydrogens is 296 g/mol. The maximum Gasteiger partial charge on any atom is 0.181 e. The summed E-state index contributed by atoms with van der Waals surface area (Å²) < 4.78 is 7.40. The first-order chi connectivity index (χ1) is 10.4. The van der Waals surface area contributed by atoms with Gasteiger partial charge in [-0.25, -0.2) is 0 Å². The van der Waals surface area contributed by atoms with Crippen molar-refractivity contribution < 1.29 is 4.74 Å². The average Bonchev–Trinajstić information content (AvgIpc) is 2.46. The Kier molecular flexibility index (Phi) is 7.55. The van der Waals surface area contributed by atoms with Gasteiger partial charge in [0.1, 0.15) is 6.73 Å². The second kappa shape index (κ2) is 9.17. The van der Waals surface area contributed by atoms with Crippen molar-refractivity contribution in [2.75, 3.05) is 6.61 Å². The van der Waals surface area contributed by atoms with Gasteiger partial charge in [-0.2, -0.15) is 0 Å². The number of pyridine rings is 2. The van der Waals surface area contributed by atoms with Gasteiger partial charge in [0.05, 0.1) is 0 Å². The van der Waals surface area contributed by atoms with Crippen molar-refractivity contribution in [3.8, 4) is 0 Å². The topological polar surface area (TPSA) is 64.1 Å². The van der Waals surface area contributed by atoms with Crippen molar-refractivity contribution in [1.82, 2.24) is 9.55 Å². The van der Waals surface area contributed by atoms with Crippen LogP contribution in [0.5, 0.6) is 0 Å². The highest BCUT2D eigenvalue weighted by atomic mass is 28.3. The molecule has 0 spiro atoms. The molecule has 2 aromatic heterocycles. The molecule has 2 aromatic rings. The normalized spacial score (nSPS) is 10.7. The quantitative estimate of drug-likeness (QED) is 0.680. The first kappa shape index (κ1) is 18.1. The summed E-state index contributed by atoms with van der Waals surface area (Å²) in [4.78, 5) is 23.8. The number of aromatic nitrogens is 2. The van der Waals surface area contributed by atoms with Crippen molar-refractivity contribution in [3.63, 3.8) is 0 Å². The predicted molar refractivity (Wildman–Crippen MR) is 91.9 cm³/mol. The number of H-pyrrole nitrogens is 1. The second-order valence-electron chi connectivity index (χ2n) is 6.13. The van der Waals surface area contributed by atoms with Crippen LogP contribution in [0.15, 0.2) is 58.6 Å². The van der Waals surface area contributed by atoms with Crippen LogP contribution in [0, 0.1) is 0 Å². The van der Waals surface area contributed by atoms with Gasteiger partial charge < -0.3 is 14.3 Å². The molecular formula is C16H24N2O3Si. The minimum Gasteiger partial charge on any atom is -0.367 e. The van der Waals surface area contributed by atoms with E-state index in [-0.39, 0.29) is 10.9 Å². The van der Waals surface area contributed by atoms with Gasteiger partial charge in [0.15, 0.2) is 10.9 Å². The summed E-state index contributed by atoms with van der Waals surface area (Å²) in [6.07, 6.45) is 6.69. The number of nitrogens with one attached hydrogen (secondary N) is 1. The van der Waals surface area contributed by atoms with E-state index in [4.69, 9.17) is 4.74 Å². The maximum absolute atomic E-state index is 10.8. The first-order valence-electron chi connectivity index (χ1n) is 7.24. The molecule has 0 unspecified atom stereocenters. The lowest BCUT2D eigenvalue weighted by Gasteiger charge is -2.15. The summed E-state index contributed by atoms with van der Waals surface area (Å²) in [5.41, 5.74) is 0.0760. The molecule has 5 nitrogen and oxygen atoms in total. The summed E-state index contributed by atoms with van der Waals surface area (Å²) in [5, 5.41) is 0. The zero-order valence-corrected chi connectivity index (χ0v) is 14.4. The Labute approximate surface area is 131 Å². The van der Waals surface area contributed by atoms with Crippen molar-refractivity contribution in [1.29, 1.82) is 0 Å².